The summed E-state index contributed by atoms with van der Waals surface area (Å²) in [4.78, 5) is 0. The summed E-state index contributed by atoms with van der Waals surface area (Å²) >= 11 is 0. The Morgan fingerprint density at radius 2 is 1.81 bits per heavy atom. The van der Waals surface area contributed by atoms with Crippen molar-refractivity contribution >= 4 is 5.57 Å². The molecule has 1 nitrogen and oxygen atoms in total. The molecule has 0 saturated carbocycles. The molecule has 2 atom stereocenters. The first-order valence-corrected chi connectivity index (χ1v) is 9.82. The summed E-state index contributed by atoms with van der Waals surface area (Å²) in [6.45, 7) is 2.88. The maximum atomic E-state index is 5.88. The van der Waals surface area contributed by atoms with Gasteiger partial charge in [0.2, 0.25) is 0 Å². The van der Waals surface area contributed by atoms with Crippen molar-refractivity contribution in [3.8, 4) is 12.3 Å². The van der Waals surface area contributed by atoms with Crippen molar-refractivity contribution in [1.82, 2.24) is 0 Å². The highest BCUT2D eigenvalue weighted by Crippen LogP contribution is 2.45. The highest BCUT2D eigenvalue weighted by atomic mass is 14.6. The molecular weight excluding hydrogens is 314 g/mol. The Labute approximate surface area is 157 Å². The zero-order valence-corrected chi connectivity index (χ0v) is 15.6. The molecule has 2 aromatic carbocycles. The molecule has 0 fully saturated rings. The van der Waals surface area contributed by atoms with E-state index in [1.165, 1.54) is 41.5 Å². The van der Waals surface area contributed by atoms with E-state index >= 15 is 0 Å². The third kappa shape index (κ3) is 3.00. The Kier molecular flexibility index (Phi) is 4.70. The maximum Gasteiger partial charge on any atom is 0.0111 e. The average Bonchev–Trinajstić information content (AvgIpc) is 3.13. The molecule has 2 aliphatic rings. The first kappa shape index (κ1) is 17.1. The molecule has 2 aliphatic carbocycles. The number of allylic oxidation sites excluding steroid dienone is 1. The molecule has 2 aromatic rings. The molecule has 4 rings (SSSR count). The number of hydrogen-bond acceptors (Lipinski definition) is 1. The summed E-state index contributed by atoms with van der Waals surface area (Å²) in [7, 11) is 0. The van der Waals surface area contributed by atoms with Gasteiger partial charge in [-0.2, -0.15) is 0 Å². The van der Waals surface area contributed by atoms with E-state index in [-0.39, 0.29) is 0 Å². The van der Waals surface area contributed by atoms with Crippen molar-refractivity contribution in [1.29, 1.82) is 0 Å². The van der Waals surface area contributed by atoms with E-state index in [0.717, 1.165) is 18.4 Å². The van der Waals surface area contributed by atoms with Gasteiger partial charge in [-0.25, -0.2) is 0 Å². The predicted octanol–water partition coefficient (Wildman–Crippen LogP) is 4.57. The van der Waals surface area contributed by atoms with Crippen LogP contribution in [0.3, 0.4) is 0 Å². The van der Waals surface area contributed by atoms with E-state index < -0.39 is 0 Å². The van der Waals surface area contributed by atoms with Gasteiger partial charge < -0.3 is 5.73 Å². The topological polar surface area (TPSA) is 26.0 Å². The van der Waals surface area contributed by atoms with Crippen LogP contribution in [0.4, 0.5) is 0 Å². The SMILES string of the molecule is C#CC1=C(c2cccc(CCc3ccc4c(c3)CCC4)c2)C(C)C1CN. The normalized spacial score (nSPS) is 21.3. The second kappa shape index (κ2) is 7.14. The molecule has 0 spiro atoms. The van der Waals surface area contributed by atoms with Crippen LogP contribution < -0.4 is 5.73 Å². The van der Waals surface area contributed by atoms with Crippen LogP contribution in [-0.2, 0) is 25.7 Å². The Morgan fingerprint density at radius 1 is 1.04 bits per heavy atom. The van der Waals surface area contributed by atoms with Crippen molar-refractivity contribution < 1.29 is 0 Å². The predicted molar refractivity (Wildman–Crippen MR) is 110 cm³/mol. The largest absolute Gasteiger partial charge is 0.330 e. The summed E-state index contributed by atoms with van der Waals surface area (Å²) in [5.41, 5.74) is 15.6. The number of aryl methyl sites for hydroxylation is 4. The molecule has 0 bridgehead atoms. The lowest BCUT2D eigenvalue weighted by molar-refractivity contribution is 0.470. The minimum Gasteiger partial charge on any atom is -0.330 e. The fourth-order valence-electron chi connectivity index (χ4n) is 4.69. The van der Waals surface area contributed by atoms with Crippen LogP contribution in [0.1, 0.15) is 41.2 Å². The molecule has 0 aliphatic heterocycles. The van der Waals surface area contributed by atoms with Gasteiger partial charge in [-0.1, -0.05) is 55.3 Å². The van der Waals surface area contributed by atoms with Gasteiger partial charge in [0.25, 0.3) is 0 Å². The van der Waals surface area contributed by atoms with Crippen LogP contribution in [0.25, 0.3) is 5.57 Å². The van der Waals surface area contributed by atoms with E-state index in [2.05, 4.69) is 55.3 Å². The smallest absolute Gasteiger partial charge is 0.0111 e. The van der Waals surface area contributed by atoms with Crippen molar-refractivity contribution in [3.63, 3.8) is 0 Å². The van der Waals surface area contributed by atoms with Crippen LogP contribution in [0.5, 0.6) is 0 Å². The van der Waals surface area contributed by atoms with E-state index in [1.807, 2.05) is 0 Å². The van der Waals surface area contributed by atoms with Crippen molar-refractivity contribution in [2.75, 3.05) is 6.54 Å². The van der Waals surface area contributed by atoms with Gasteiger partial charge in [0.1, 0.15) is 0 Å². The van der Waals surface area contributed by atoms with Crippen LogP contribution in [0, 0.1) is 24.2 Å². The lowest BCUT2D eigenvalue weighted by Gasteiger charge is -2.37. The molecular formula is C25H27N. The highest BCUT2D eigenvalue weighted by molar-refractivity contribution is 5.80. The van der Waals surface area contributed by atoms with Crippen LogP contribution >= 0.6 is 0 Å². The van der Waals surface area contributed by atoms with Gasteiger partial charge in [0, 0.05) is 18.0 Å². The number of terminal acetylenes is 1. The number of nitrogens with two attached hydrogens (primary N) is 1. The highest BCUT2D eigenvalue weighted by Gasteiger charge is 2.35. The molecule has 132 valence electrons. The lowest BCUT2D eigenvalue weighted by Crippen LogP contribution is -2.33. The second-order valence-electron chi connectivity index (χ2n) is 7.76. The molecule has 26 heavy (non-hydrogen) atoms. The van der Waals surface area contributed by atoms with Crippen LogP contribution in [-0.4, -0.2) is 6.54 Å². The van der Waals surface area contributed by atoms with Gasteiger partial charge >= 0.3 is 0 Å². The third-order valence-electron chi connectivity index (χ3n) is 6.23. The molecule has 2 unspecified atom stereocenters. The summed E-state index contributed by atoms with van der Waals surface area (Å²) in [5.74, 6) is 3.69. The van der Waals surface area contributed by atoms with Gasteiger partial charge in [-0.15, -0.1) is 6.42 Å². The summed E-state index contributed by atoms with van der Waals surface area (Å²) in [5, 5.41) is 0. The Bertz CT molecular complexity index is 897. The minimum atomic E-state index is 0.352. The first-order valence-electron chi connectivity index (χ1n) is 9.82. The first-order chi connectivity index (χ1) is 12.7. The van der Waals surface area contributed by atoms with E-state index in [4.69, 9.17) is 12.2 Å². The van der Waals surface area contributed by atoms with E-state index in [9.17, 15) is 0 Å². The second-order valence-corrected chi connectivity index (χ2v) is 7.76. The van der Waals surface area contributed by atoms with Gasteiger partial charge in [-0.3, -0.25) is 0 Å². The Balaban J connectivity index is 1.51. The molecule has 0 amide bonds. The zero-order chi connectivity index (χ0) is 18.1. The van der Waals surface area contributed by atoms with E-state index in [1.54, 1.807) is 11.1 Å². The number of fused-ring (bicyclic) bond motifs is 1. The van der Waals surface area contributed by atoms with Crippen LogP contribution in [0.2, 0.25) is 0 Å². The number of hydrogen-bond donors (Lipinski definition) is 1. The molecule has 0 saturated heterocycles. The van der Waals surface area contributed by atoms with Crippen molar-refractivity contribution in [3.05, 3.63) is 75.9 Å². The van der Waals surface area contributed by atoms with Gasteiger partial charge in [0.05, 0.1) is 0 Å². The Morgan fingerprint density at radius 3 is 2.58 bits per heavy atom. The average molecular weight is 341 g/mol. The molecule has 0 aromatic heterocycles. The van der Waals surface area contributed by atoms with Gasteiger partial charge in [-0.05, 0) is 71.4 Å². The molecule has 0 heterocycles. The zero-order valence-electron chi connectivity index (χ0n) is 15.6. The molecule has 0 radical (unpaired) electrons. The lowest BCUT2D eigenvalue weighted by atomic mass is 9.66. The monoisotopic (exact) mass is 341 g/mol. The molecule has 2 N–H and O–H groups in total. The summed E-state index contributed by atoms with van der Waals surface area (Å²) < 4.78 is 0. The standard InChI is InChI=1S/C25H27N/c1-3-23-24(16-26)17(2)25(23)22-9-4-6-18(15-22)10-11-19-12-13-20-7-5-8-21(20)14-19/h1,4,6,9,12-15,17,24H,5,7-8,10-11,16,26H2,2H3. The van der Waals surface area contributed by atoms with Gasteiger partial charge in [0.15, 0.2) is 0 Å². The maximum absolute atomic E-state index is 5.88. The molecule has 1 heteroatoms. The van der Waals surface area contributed by atoms with E-state index in [0.29, 0.717) is 18.4 Å². The van der Waals surface area contributed by atoms with Crippen LogP contribution in [0.15, 0.2) is 48.0 Å². The number of rotatable bonds is 5. The summed E-state index contributed by atoms with van der Waals surface area (Å²) in [6, 6.07) is 16.0. The quantitative estimate of drug-likeness (QED) is 0.792. The number of benzene rings is 2. The minimum absolute atomic E-state index is 0.352. The fraction of sp³-hybridized carbons (Fsp3) is 0.360. The Hall–Kier alpha value is -2.30. The third-order valence-corrected chi connectivity index (χ3v) is 6.23. The van der Waals surface area contributed by atoms with Crippen molar-refractivity contribution in [2.24, 2.45) is 17.6 Å². The fourth-order valence-corrected chi connectivity index (χ4v) is 4.69. The van der Waals surface area contributed by atoms with Crippen molar-refractivity contribution in [2.45, 2.75) is 39.0 Å². The summed E-state index contributed by atoms with van der Waals surface area (Å²) in [6.07, 6.45) is 11.7.